The molecule has 67 heavy (non-hydrogen) atoms. The number of unbranched alkanes of at least 4 members (excludes halogenated alkanes) is 22. The molecule has 394 valence electrons. The first kappa shape index (κ1) is 63.6. The summed E-state index contributed by atoms with van der Waals surface area (Å²) in [5.74, 6) is -1.30. The molecule has 0 aliphatic heterocycles. The molecule has 0 saturated heterocycles. The van der Waals surface area contributed by atoms with Gasteiger partial charge in [0.1, 0.15) is 43.2 Å². The Morgan fingerprint density at radius 2 is 0.821 bits per heavy atom. The fourth-order valence-corrected chi connectivity index (χ4v) is 9.61. The number of hydrogen-bond acceptors (Lipinski definition) is 14. The molecule has 1 saturated carbocycles. The number of phosphoric ester groups is 3. The second-order valence-corrected chi connectivity index (χ2v) is 21.2. The minimum atomic E-state index is -5.60. The summed E-state index contributed by atoms with van der Waals surface area (Å²) < 4.78 is 65.5. The normalized spacial score (nSPS) is 21.8. The highest BCUT2D eigenvalue weighted by Crippen LogP contribution is 2.51. The number of ether oxygens (including phenoxy) is 2. The van der Waals surface area contributed by atoms with Gasteiger partial charge in [-0.3, -0.25) is 27.7 Å². The summed E-state index contributed by atoms with van der Waals surface area (Å²) in [6.45, 7) is 2.92. The summed E-state index contributed by atoms with van der Waals surface area (Å²) in [6, 6.07) is 0. The molecule has 8 atom stereocenters. The van der Waals surface area contributed by atoms with Crippen LogP contribution in [0.4, 0.5) is 0 Å². The highest BCUT2D eigenvalue weighted by molar-refractivity contribution is 7.47. The van der Waals surface area contributed by atoms with E-state index in [1.165, 1.54) is 51.4 Å². The van der Waals surface area contributed by atoms with Crippen LogP contribution in [-0.4, -0.2) is 108 Å². The van der Waals surface area contributed by atoms with Crippen LogP contribution in [0.2, 0.25) is 0 Å². The fraction of sp³-hybridized carbons (Fsp3) is 0.867. The van der Waals surface area contributed by atoms with Crippen LogP contribution in [0.5, 0.6) is 0 Å². The zero-order valence-electron chi connectivity index (χ0n) is 40.0. The molecule has 1 aliphatic rings. The minimum Gasteiger partial charge on any atom is -0.462 e. The molecule has 0 heterocycles. The minimum absolute atomic E-state index is 0.00619. The molecule has 0 amide bonds. The molecule has 0 aromatic heterocycles. The van der Waals surface area contributed by atoms with Crippen LogP contribution in [-0.2, 0) is 50.9 Å². The Balaban J connectivity index is 2.72. The summed E-state index contributed by atoms with van der Waals surface area (Å²) in [7, 11) is -16.6. The van der Waals surface area contributed by atoms with Crippen LogP contribution in [0.25, 0.3) is 0 Å². The molecule has 19 nitrogen and oxygen atoms in total. The van der Waals surface area contributed by atoms with Crippen molar-refractivity contribution >= 4 is 35.4 Å². The molecule has 1 aliphatic carbocycles. The van der Waals surface area contributed by atoms with Gasteiger partial charge in [-0.05, 0) is 64.2 Å². The van der Waals surface area contributed by atoms with Crippen molar-refractivity contribution in [3.63, 3.8) is 0 Å². The molecule has 1 rings (SSSR count). The number of allylic oxidation sites excluding steroid dienone is 4. The molecule has 0 spiro atoms. The SMILES string of the molecule is CCCCCCC=CCCCCCCCCCC(=O)OC[C@H](COP(=O)(O)O[C@H]1C(O)C(O)C(OP(=O)(O)O)[C@@H](OP(=O)(O)O)C1O)OC(=O)CCCCCCCCCC=CCCCCCC. The van der Waals surface area contributed by atoms with Gasteiger partial charge in [0.05, 0.1) is 6.61 Å². The van der Waals surface area contributed by atoms with Crippen LogP contribution in [0, 0.1) is 0 Å². The lowest BCUT2D eigenvalue weighted by molar-refractivity contribution is -0.213. The first-order valence-corrected chi connectivity index (χ1v) is 29.2. The Hall–Kier alpha value is -1.37. The Morgan fingerprint density at radius 3 is 1.24 bits per heavy atom. The largest absolute Gasteiger partial charge is 0.472 e. The van der Waals surface area contributed by atoms with E-state index in [2.05, 4.69) is 47.2 Å². The van der Waals surface area contributed by atoms with E-state index in [9.17, 15) is 63.1 Å². The predicted octanol–water partition coefficient (Wildman–Crippen LogP) is 9.07. The van der Waals surface area contributed by atoms with Crippen molar-refractivity contribution in [2.45, 2.75) is 236 Å². The first-order valence-electron chi connectivity index (χ1n) is 24.6. The number of esters is 2. The molecule has 22 heteroatoms. The quantitative estimate of drug-likeness (QED) is 0.0122. The van der Waals surface area contributed by atoms with Gasteiger partial charge in [0.25, 0.3) is 0 Å². The second-order valence-electron chi connectivity index (χ2n) is 17.4. The van der Waals surface area contributed by atoms with Gasteiger partial charge in [-0.15, -0.1) is 0 Å². The van der Waals surface area contributed by atoms with Gasteiger partial charge in [0.15, 0.2) is 6.10 Å². The molecule has 0 radical (unpaired) electrons. The van der Waals surface area contributed by atoms with Crippen molar-refractivity contribution in [1.82, 2.24) is 0 Å². The average Bonchev–Trinajstić information content (AvgIpc) is 3.25. The standard InChI is InChI=1S/C45H85O19P3/c1-3-5-7-9-11-13-15-17-19-21-23-25-27-29-31-33-38(46)59-35-37(61-39(47)34-32-30-28-26-24-22-20-18-16-14-12-10-8-6-4-2)36-60-67(57,58)64-43-40(48)41(49)44(62-65(51,52)53)45(42(43)50)63-66(54,55)56/h13-16,37,40-45,48-50H,3-12,17-36H2,1-2H3,(H,57,58)(H2,51,52,53)(H2,54,55,56)/t37-,40?,41?,42?,43+,44?,45+/m1/s1. The zero-order chi connectivity index (χ0) is 50.0. The summed E-state index contributed by atoms with van der Waals surface area (Å²) in [6.07, 6.45) is 20.4. The molecule has 5 unspecified atom stereocenters. The topological polar surface area (TPSA) is 303 Å². The number of aliphatic hydroxyl groups excluding tert-OH is 3. The Kier molecular flexibility index (Phi) is 35.5. The van der Waals surface area contributed by atoms with E-state index in [1.54, 1.807) is 0 Å². The monoisotopic (exact) mass is 1020 g/mol. The van der Waals surface area contributed by atoms with E-state index in [0.29, 0.717) is 12.8 Å². The van der Waals surface area contributed by atoms with E-state index < -0.39 is 91.3 Å². The Morgan fingerprint density at radius 1 is 0.463 bits per heavy atom. The summed E-state index contributed by atoms with van der Waals surface area (Å²) >= 11 is 0. The highest BCUT2D eigenvalue weighted by Gasteiger charge is 2.56. The lowest BCUT2D eigenvalue weighted by atomic mass is 9.85. The lowest BCUT2D eigenvalue weighted by Crippen LogP contribution is -2.65. The third kappa shape index (κ3) is 33.8. The van der Waals surface area contributed by atoms with E-state index in [1.807, 2.05) is 0 Å². The summed E-state index contributed by atoms with van der Waals surface area (Å²) in [4.78, 5) is 73.2. The maximum atomic E-state index is 13.1. The van der Waals surface area contributed by atoms with Gasteiger partial charge in [0.2, 0.25) is 0 Å². The van der Waals surface area contributed by atoms with Gasteiger partial charge in [-0.25, -0.2) is 13.7 Å². The maximum Gasteiger partial charge on any atom is 0.472 e. The second kappa shape index (κ2) is 37.4. The van der Waals surface area contributed by atoms with Gasteiger partial charge in [-0.1, -0.05) is 141 Å². The van der Waals surface area contributed by atoms with Crippen LogP contribution in [0.3, 0.4) is 0 Å². The number of phosphoric acid groups is 3. The Bertz CT molecular complexity index is 1500. The summed E-state index contributed by atoms with van der Waals surface area (Å²) in [5, 5.41) is 31.9. The van der Waals surface area contributed by atoms with Crippen LogP contribution >= 0.6 is 23.5 Å². The van der Waals surface area contributed by atoms with E-state index in [4.69, 9.17) is 18.5 Å². The van der Waals surface area contributed by atoms with Gasteiger partial charge >= 0.3 is 35.4 Å². The number of carbonyl (C=O) groups excluding carboxylic acids is 2. The number of aliphatic hydroxyl groups is 3. The van der Waals surface area contributed by atoms with Gasteiger partial charge in [-0.2, -0.15) is 0 Å². The van der Waals surface area contributed by atoms with Crippen molar-refractivity contribution in [3.8, 4) is 0 Å². The highest BCUT2D eigenvalue weighted by atomic mass is 31.2. The van der Waals surface area contributed by atoms with E-state index in [0.717, 1.165) is 103 Å². The molecule has 8 N–H and O–H groups in total. The van der Waals surface area contributed by atoms with E-state index in [-0.39, 0.29) is 12.8 Å². The van der Waals surface area contributed by atoms with Gasteiger partial charge < -0.3 is 49.3 Å². The molecule has 0 aromatic rings. The molecule has 0 aromatic carbocycles. The van der Waals surface area contributed by atoms with Crippen LogP contribution in [0.1, 0.15) is 194 Å². The van der Waals surface area contributed by atoms with Crippen molar-refractivity contribution in [2.24, 2.45) is 0 Å². The smallest absolute Gasteiger partial charge is 0.462 e. The first-order chi connectivity index (χ1) is 31.8. The summed E-state index contributed by atoms with van der Waals surface area (Å²) in [5.41, 5.74) is 0. The molecular formula is C45H85O19P3. The van der Waals surface area contributed by atoms with Gasteiger partial charge in [0, 0.05) is 12.8 Å². The fourth-order valence-electron chi connectivity index (χ4n) is 7.51. The third-order valence-electron chi connectivity index (χ3n) is 11.2. The maximum absolute atomic E-state index is 13.1. The van der Waals surface area contributed by atoms with Crippen molar-refractivity contribution in [1.29, 1.82) is 0 Å². The van der Waals surface area contributed by atoms with Crippen molar-refractivity contribution < 1.29 is 90.6 Å². The average molecular weight is 1020 g/mol. The lowest BCUT2D eigenvalue weighted by Gasteiger charge is -2.44. The van der Waals surface area contributed by atoms with Crippen molar-refractivity contribution in [2.75, 3.05) is 13.2 Å². The predicted molar refractivity (Wildman–Crippen MR) is 252 cm³/mol. The van der Waals surface area contributed by atoms with E-state index >= 15 is 0 Å². The molecule has 0 bridgehead atoms. The Labute approximate surface area is 398 Å². The molecule has 1 fully saturated rings. The zero-order valence-corrected chi connectivity index (χ0v) is 42.7. The number of carbonyl (C=O) groups is 2. The van der Waals surface area contributed by atoms with Crippen LogP contribution < -0.4 is 0 Å². The number of rotatable bonds is 42. The van der Waals surface area contributed by atoms with Crippen molar-refractivity contribution in [3.05, 3.63) is 24.3 Å². The molecular weight excluding hydrogens is 937 g/mol. The van der Waals surface area contributed by atoms with Crippen LogP contribution in [0.15, 0.2) is 24.3 Å². The number of hydrogen-bond donors (Lipinski definition) is 8. The third-order valence-corrected chi connectivity index (χ3v) is 13.3.